The lowest BCUT2D eigenvalue weighted by molar-refractivity contribution is 0.0701. The van der Waals surface area contributed by atoms with Gasteiger partial charge in [0.05, 0.1) is 12.4 Å². The number of nitrogens with zero attached hydrogens (tertiary/aromatic N) is 3. The molecule has 33 heavy (non-hydrogen) atoms. The number of rotatable bonds is 15. The minimum atomic E-state index is -3.52. The molecule has 0 bridgehead atoms. The van der Waals surface area contributed by atoms with E-state index in [2.05, 4.69) is 23.1 Å². The van der Waals surface area contributed by atoms with Crippen LogP contribution in [0.4, 0.5) is 6.01 Å². The molecule has 10 heteroatoms. The highest BCUT2D eigenvalue weighted by Gasteiger charge is 2.25. The van der Waals surface area contributed by atoms with Crippen LogP contribution in [0.25, 0.3) is 0 Å². The van der Waals surface area contributed by atoms with Crippen molar-refractivity contribution in [2.24, 2.45) is 11.8 Å². The van der Waals surface area contributed by atoms with Crippen molar-refractivity contribution in [3.63, 3.8) is 0 Å². The summed E-state index contributed by atoms with van der Waals surface area (Å²) < 4.78 is 29.3. The highest BCUT2D eigenvalue weighted by Crippen LogP contribution is 2.28. The topological polar surface area (TPSA) is 114 Å². The van der Waals surface area contributed by atoms with Gasteiger partial charge < -0.3 is 9.52 Å². The van der Waals surface area contributed by atoms with Crippen molar-refractivity contribution in [1.29, 1.82) is 0 Å². The molecule has 0 aliphatic heterocycles. The predicted molar refractivity (Wildman–Crippen MR) is 132 cm³/mol. The molecule has 0 fully saturated rings. The summed E-state index contributed by atoms with van der Waals surface area (Å²) in [4.78, 5) is 20.7. The van der Waals surface area contributed by atoms with Crippen LogP contribution in [0.15, 0.2) is 35.2 Å². The van der Waals surface area contributed by atoms with E-state index >= 15 is 0 Å². The number of sulfonamides is 1. The summed E-state index contributed by atoms with van der Waals surface area (Å²) in [6.45, 7) is 2.09. The second-order valence-electron chi connectivity index (χ2n) is 8.44. The number of aromatic nitrogens is 2. The van der Waals surface area contributed by atoms with Gasteiger partial charge in [0.1, 0.15) is 12.0 Å². The molecule has 0 saturated carbocycles. The minimum Gasteiger partial charge on any atom is -0.431 e. The fourth-order valence-electron chi connectivity index (χ4n) is 3.72. The van der Waals surface area contributed by atoms with Gasteiger partial charge in [-0.25, -0.2) is 12.7 Å². The Kier molecular flexibility index (Phi) is 10.9. The smallest absolute Gasteiger partial charge is 0.311 e. The average Bonchev–Trinajstić information content (AvgIpc) is 3.27. The van der Waals surface area contributed by atoms with E-state index in [9.17, 15) is 18.3 Å². The highest BCUT2D eigenvalue weighted by molar-refractivity contribution is 7.98. The molecule has 0 aliphatic carbocycles. The van der Waals surface area contributed by atoms with Crippen molar-refractivity contribution in [3.8, 4) is 0 Å². The fraction of sp³-hybridized carbons (Fsp3) is 0.609. The summed E-state index contributed by atoms with van der Waals surface area (Å²) in [7, 11) is -2.19. The number of thioether (sulfide) groups is 1. The Labute approximate surface area is 201 Å². The van der Waals surface area contributed by atoms with Gasteiger partial charge in [0.2, 0.25) is 10.0 Å². The molecule has 2 aromatic rings. The van der Waals surface area contributed by atoms with Crippen molar-refractivity contribution in [2.75, 3.05) is 29.6 Å². The quantitative estimate of drug-likeness (QED) is 0.292. The molecule has 2 rings (SSSR count). The molecular weight excluding hydrogens is 462 g/mol. The number of ketones is 1. The van der Waals surface area contributed by atoms with Gasteiger partial charge in [0, 0.05) is 25.9 Å². The van der Waals surface area contributed by atoms with Crippen LogP contribution in [0.1, 0.15) is 55.1 Å². The summed E-state index contributed by atoms with van der Waals surface area (Å²) in [5.74, 6) is 1.15. The SMILES string of the molecule is CSCCCC(O)C(C)C(CCCC(=O)c1coc(N(C)S(C)(=O)=O)n1)Cc1ccncc1. The van der Waals surface area contributed by atoms with Gasteiger partial charge in [-0.3, -0.25) is 9.78 Å². The van der Waals surface area contributed by atoms with E-state index < -0.39 is 10.0 Å². The average molecular weight is 498 g/mol. The molecule has 2 aromatic heterocycles. The first kappa shape index (κ1) is 27.3. The monoisotopic (exact) mass is 497 g/mol. The third kappa shape index (κ3) is 8.75. The first-order valence-electron chi connectivity index (χ1n) is 11.1. The van der Waals surface area contributed by atoms with Crippen LogP contribution in [-0.4, -0.2) is 60.7 Å². The Balaban J connectivity index is 1.98. The van der Waals surface area contributed by atoms with Gasteiger partial charge in [-0.15, -0.1) is 0 Å². The molecule has 0 aromatic carbocycles. The first-order chi connectivity index (χ1) is 15.6. The van der Waals surface area contributed by atoms with Crippen molar-refractivity contribution in [3.05, 3.63) is 42.0 Å². The van der Waals surface area contributed by atoms with Crippen LogP contribution in [0.2, 0.25) is 0 Å². The zero-order valence-electron chi connectivity index (χ0n) is 19.8. The number of hydrogen-bond acceptors (Lipinski definition) is 8. The van der Waals surface area contributed by atoms with Gasteiger partial charge >= 0.3 is 6.01 Å². The zero-order chi connectivity index (χ0) is 24.4. The molecule has 1 N–H and O–H groups in total. The number of anilines is 1. The Hall–Kier alpha value is -1.91. The molecule has 0 saturated heterocycles. The van der Waals surface area contributed by atoms with E-state index in [0.29, 0.717) is 6.42 Å². The van der Waals surface area contributed by atoms with E-state index in [1.54, 1.807) is 24.2 Å². The number of pyridine rings is 1. The third-order valence-corrected chi connectivity index (χ3v) is 7.82. The molecule has 8 nitrogen and oxygen atoms in total. The molecule has 0 aliphatic rings. The van der Waals surface area contributed by atoms with Gasteiger partial charge in [0.25, 0.3) is 0 Å². The standard InChI is InChI=1S/C23H35N3O5S2/c1-17(21(27)9-6-14-32-3)19(15-18-10-12-24-13-11-18)7-5-8-22(28)20-16-31-23(25-20)26(2)33(4,29)30/h10-13,16-17,19,21,27H,5-9,14-15H2,1-4H3. The van der Waals surface area contributed by atoms with Crippen molar-refractivity contribution in [1.82, 2.24) is 9.97 Å². The van der Waals surface area contributed by atoms with Crippen LogP contribution in [-0.2, 0) is 16.4 Å². The predicted octanol–water partition coefficient (Wildman–Crippen LogP) is 3.82. The molecule has 0 amide bonds. The van der Waals surface area contributed by atoms with Gasteiger partial charge in [-0.1, -0.05) is 6.92 Å². The lowest BCUT2D eigenvalue weighted by Crippen LogP contribution is -2.27. The third-order valence-electron chi connectivity index (χ3n) is 5.97. The maximum Gasteiger partial charge on any atom is 0.311 e. The second kappa shape index (κ2) is 13.1. The summed E-state index contributed by atoms with van der Waals surface area (Å²) in [5, 5.41) is 10.7. The van der Waals surface area contributed by atoms with Crippen LogP contribution in [0.3, 0.4) is 0 Å². The second-order valence-corrected chi connectivity index (χ2v) is 11.4. The molecule has 184 valence electrons. The summed E-state index contributed by atoms with van der Waals surface area (Å²) in [5.41, 5.74) is 1.28. The normalized spacial score (nSPS) is 14.6. The molecular formula is C23H35N3O5S2. The molecule has 3 unspecified atom stereocenters. The van der Waals surface area contributed by atoms with Crippen LogP contribution in [0.5, 0.6) is 0 Å². The summed E-state index contributed by atoms with van der Waals surface area (Å²) >= 11 is 1.78. The molecule has 0 radical (unpaired) electrons. The maximum atomic E-state index is 12.6. The van der Waals surface area contributed by atoms with Gasteiger partial charge in [0.15, 0.2) is 5.78 Å². The van der Waals surface area contributed by atoms with Gasteiger partial charge in [-0.05, 0) is 73.6 Å². The van der Waals surface area contributed by atoms with Crippen molar-refractivity contribution in [2.45, 2.75) is 51.6 Å². The van der Waals surface area contributed by atoms with Crippen LogP contribution < -0.4 is 4.31 Å². The minimum absolute atomic E-state index is 0.0946. The highest BCUT2D eigenvalue weighted by atomic mass is 32.2. The number of aliphatic hydroxyl groups is 1. The number of oxazole rings is 1. The maximum absolute atomic E-state index is 12.6. The Bertz CT molecular complexity index is 965. The van der Waals surface area contributed by atoms with Crippen molar-refractivity contribution >= 4 is 33.6 Å². The summed E-state index contributed by atoms with van der Waals surface area (Å²) in [6.07, 6.45) is 11.7. The van der Waals surface area contributed by atoms with Crippen molar-refractivity contribution < 1.29 is 22.7 Å². The Morgan fingerprint density at radius 3 is 2.58 bits per heavy atom. The molecule has 2 heterocycles. The number of carbonyl (C=O) groups is 1. The van der Waals surface area contributed by atoms with Crippen LogP contribution >= 0.6 is 11.8 Å². The largest absolute Gasteiger partial charge is 0.431 e. The van der Waals surface area contributed by atoms with E-state index in [0.717, 1.165) is 47.6 Å². The fourth-order valence-corrected chi connectivity index (χ4v) is 4.54. The Morgan fingerprint density at radius 2 is 1.94 bits per heavy atom. The number of aliphatic hydroxyl groups excluding tert-OH is 1. The number of carbonyl (C=O) groups excluding carboxylic acids is 1. The van der Waals surface area contributed by atoms with E-state index in [1.165, 1.54) is 13.3 Å². The van der Waals surface area contributed by atoms with E-state index in [-0.39, 0.29) is 41.9 Å². The molecule has 3 atom stereocenters. The zero-order valence-corrected chi connectivity index (χ0v) is 21.4. The summed E-state index contributed by atoms with van der Waals surface area (Å²) in [6, 6.07) is 3.85. The van der Waals surface area contributed by atoms with Gasteiger partial charge in [-0.2, -0.15) is 16.7 Å². The van der Waals surface area contributed by atoms with E-state index in [4.69, 9.17) is 4.42 Å². The van der Waals surface area contributed by atoms with Crippen LogP contribution in [0, 0.1) is 11.8 Å². The Morgan fingerprint density at radius 1 is 1.24 bits per heavy atom. The number of Topliss-reactive ketones (excluding diaryl/α,β-unsaturated/α-hetero) is 1. The molecule has 0 spiro atoms. The first-order valence-corrected chi connectivity index (χ1v) is 14.4. The van der Waals surface area contributed by atoms with E-state index in [1.807, 2.05) is 12.1 Å². The number of hydrogen-bond donors (Lipinski definition) is 1. The lowest BCUT2D eigenvalue weighted by Gasteiger charge is -2.28. The lowest BCUT2D eigenvalue weighted by atomic mass is 9.80.